The zero-order valence-corrected chi connectivity index (χ0v) is 14.5. The number of thiocarbonyl (C=S) groups is 1. The Morgan fingerprint density at radius 1 is 1.18 bits per heavy atom. The van der Waals surface area contributed by atoms with Gasteiger partial charge in [0.1, 0.15) is 0 Å². The van der Waals surface area contributed by atoms with Gasteiger partial charge in [-0.2, -0.15) is 0 Å². The molecule has 3 rings (SSSR count). The number of allylic oxidation sites excluding steroid dienone is 1. The molecule has 3 nitrogen and oxygen atoms in total. The largest absolute Gasteiger partial charge is 0.339 e. The molecule has 6 heteroatoms. The zero-order valence-electron chi connectivity index (χ0n) is 12.0. The van der Waals surface area contributed by atoms with Crippen LogP contribution in [-0.4, -0.2) is 5.11 Å². The van der Waals surface area contributed by atoms with E-state index in [0.29, 0.717) is 5.11 Å². The first-order valence-electron chi connectivity index (χ1n) is 6.83. The Hall–Kier alpha value is -1.55. The number of fused-ring (bicyclic) bond motifs is 1. The molecule has 112 valence electrons. The van der Waals surface area contributed by atoms with Crippen LogP contribution >= 0.6 is 30.1 Å². The van der Waals surface area contributed by atoms with Crippen LogP contribution in [0.5, 0.6) is 0 Å². The molecule has 0 saturated heterocycles. The van der Waals surface area contributed by atoms with E-state index in [9.17, 15) is 4.57 Å². The third-order valence-electron chi connectivity index (χ3n) is 3.23. The third-order valence-corrected chi connectivity index (χ3v) is 8.80. The van der Waals surface area contributed by atoms with E-state index in [1.165, 1.54) is 11.4 Å². The molecule has 1 atom stereocenters. The summed E-state index contributed by atoms with van der Waals surface area (Å²) in [6.45, 7) is -0.996. The van der Waals surface area contributed by atoms with Crippen LogP contribution in [0.15, 0.2) is 71.8 Å². The molecular formula is C16H15N2OPS2. The summed E-state index contributed by atoms with van der Waals surface area (Å²) in [4.78, 5) is 0.985. The van der Waals surface area contributed by atoms with Crippen molar-refractivity contribution in [3.05, 3.63) is 66.9 Å². The second-order valence-electron chi connectivity index (χ2n) is 4.68. The third kappa shape index (κ3) is 2.60. The summed E-state index contributed by atoms with van der Waals surface area (Å²) in [6, 6.07) is 17.3. The summed E-state index contributed by atoms with van der Waals surface area (Å²) >= 11 is 6.87. The van der Waals surface area contributed by atoms with Gasteiger partial charge < -0.3 is 5.32 Å². The molecule has 22 heavy (non-hydrogen) atoms. The molecule has 1 aliphatic heterocycles. The first-order chi connectivity index (χ1) is 10.7. The van der Waals surface area contributed by atoms with E-state index in [1.54, 1.807) is 10.9 Å². The van der Waals surface area contributed by atoms with Crippen molar-refractivity contribution in [2.75, 3.05) is 4.67 Å². The number of rotatable bonds is 2. The molecule has 1 aliphatic rings. The number of nitrogens with one attached hydrogen (secondary N) is 1. The van der Waals surface area contributed by atoms with Crippen LogP contribution in [0, 0.1) is 0 Å². The fraction of sp³-hybridized carbons (Fsp3) is 0.0625. The summed E-state index contributed by atoms with van der Waals surface area (Å²) < 4.78 is 15.5. The van der Waals surface area contributed by atoms with Crippen LogP contribution in [0.4, 0.5) is 5.69 Å². The highest BCUT2D eigenvalue weighted by molar-refractivity contribution is 8.61. The van der Waals surface area contributed by atoms with Crippen LogP contribution < -0.4 is 15.3 Å². The smallest absolute Gasteiger partial charge is 0.265 e. The van der Waals surface area contributed by atoms with Gasteiger partial charge in [0.2, 0.25) is 0 Å². The van der Waals surface area contributed by atoms with Crippen molar-refractivity contribution in [1.29, 1.82) is 0 Å². The van der Waals surface area contributed by atoms with E-state index < -0.39 is 6.49 Å². The maximum absolute atomic E-state index is 13.7. The van der Waals surface area contributed by atoms with E-state index >= 15 is 0 Å². The topological polar surface area (TPSA) is 32.3 Å². The van der Waals surface area contributed by atoms with Crippen LogP contribution in [0.3, 0.4) is 0 Å². The molecule has 0 saturated carbocycles. The van der Waals surface area contributed by atoms with Crippen LogP contribution in [0.2, 0.25) is 0 Å². The van der Waals surface area contributed by atoms with Gasteiger partial charge in [0.05, 0.1) is 5.69 Å². The number of para-hydroxylation sites is 1. The number of nitrogens with zero attached hydrogens (tertiary/aromatic N) is 1. The monoisotopic (exact) mass is 346 g/mol. The van der Waals surface area contributed by atoms with Gasteiger partial charge in [-0.1, -0.05) is 36.4 Å². The molecule has 0 spiro atoms. The lowest BCUT2D eigenvalue weighted by atomic mass is 10.3. The second kappa shape index (κ2) is 6.29. The average molecular weight is 346 g/mol. The van der Waals surface area contributed by atoms with Crippen molar-refractivity contribution < 1.29 is 4.57 Å². The molecule has 0 radical (unpaired) electrons. The normalized spacial score (nSPS) is 20.1. The molecule has 1 N–H and O–H groups in total. The Kier molecular flexibility index (Phi) is 4.39. The molecule has 0 aliphatic carbocycles. The fourth-order valence-electron chi connectivity index (χ4n) is 2.25. The summed E-state index contributed by atoms with van der Waals surface area (Å²) in [6.07, 6.45) is 3.61. The molecule has 0 bridgehead atoms. The minimum Gasteiger partial charge on any atom is -0.339 e. The maximum Gasteiger partial charge on any atom is 0.265 e. The fourth-order valence-corrected chi connectivity index (χ4v) is 8.07. The molecule has 0 amide bonds. The van der Waals surface area contributed by atoms with Crippen LogP contribution in [0.25, 0.3) is 0 Å². The summed E-state index contributed by atoms with van der Waals surface area (Å²) in [5, 5.41) is 4.27. The van der Waals surface area contributed by atoms with Crippen molar-refractivity contribution in [2.45, 2.75) is 11.8 Å². The van der Waals surface area contributed by atoms with Gasteiger partial charge in [0.15, 0.2) is 5.11 Å². The standard InChI is InChI=1S/C16H15N2OPS2/c1-2-12-17-16(21)18-14-10-6-7-11-15(14)22-20(18,19)13-8-4-3-5-9-13/h2-12H,1H3,(H,17,21)/b12-2+. The number of benzene rings is 2. The van der Waals surface area contributed by atoms with Gasteiger partial charge in [-0.3, -0.25) is 9.24 Å². The van der Waals surface area contributed by atoms with Gasteiger partial charge in [-0.05, 0) is 61.0 Å². The predicted molar refractivity (Wildman–Crippen MR) is 99.0 cm³/mol. The highest BCUT2D eigenvalue weighted by Crippen LogP contribution is 2.71. The number of hydrogen-bond acceptors (Lipinski definition) is 3. The Bertz CT molecular complexity index is 777. The van der Waals surface area contributed by atoms with E-state index in [0.717, 1.165) is 15.9 Å². The Morgan fingerprint density at radius 3 is 2.59 bits per heavy atom. The predicted octanol–water partition coefficient (Wildman–Crippen LogP) is 4.53. The van der Waals surface area contributed by atoms with Crippen molar-refractivity contribution in [3.63, 3.8) is 0 Å². The van der Waals surface area contributed by atoms with Crippen LogP contribution in [0.1, 0.15) is 6.92 Å². The van der Waals surface area contributed by atoms with E-state index in [1.807, 2.05) is 67.6 Å². The van der Waals surface area contributed by atoms with Crippen molar-refractivity contribution in [1.82, 2.24) is 5.32 Å². The van der Waals surface area contributed by atoms with Gasteiger partial charge in [-0.25, -0.2) is 0 Å². The Labute approximate surface area is 139 Å². The molecule has 2 aromatic carbocycles. The van der Waals surface area contributed by atoms with E-state index in [4.69, 9.17) is 12.2 Å². The van der Waals surface area contributed by atoms with Crippen molar-refractivity contribution >= 4 is 46.2 Å². The summed E-state index contributed by atoms with van der Waals surface area (Å²) in [5.41, 5.74) is 0.890. The van der Waals surface area contributed by atoms with Crippen molar-refractivity contribution in [3.8, 4) is 0 Å². The number of hydrogen-bond donors (Lipinski definition) is 1. The lowest BCUT2D eigenvalue weighted by molar-refractivity contribution is 0.591. The quantitative estimate of drug-likeness (QED) is 0.638. The Balaban J connectivity index is 2.11. The lowest BCUT2D eigenvalue weighted by Gasteiger charge is -2.26. The minimum atomic E-state index is -2.90. The molecule has 1 heterocycles. The first-order valence-corrected chi connectivity index (χ1v) is 10.3. The average Bonchev–Trinajstić information content (AvgIpc) is 2.87. The molecule has 2 aromatic rings. The summed E-state index contributed by atoms with van der Waals surface area (Å²) in [7, 11) is 0. The number of anilines is 1. The zero-order chi connectivity index (χ0) is 15.6. The van der Waals surface area contributed by atoms with Crippen molar-refractivity contribution in [2.24, 2.45) is 0 Å². The SMILES string of the molecule is C/C=C/NC(=S)N1c2ccccc2SP1(=O)c1ccccc1. The highest BCUT2D eigenvalue weighted by atomic mass is 32.7. The minimum absolute atomic E-state index is 0.447. The van der Waals surface area contributed by atoms with Gasteiger partial charge in [0, 0.05) is 10.2 Å². The molecular weight excluding hydrogens is 331 g/mol. The molecule has 0 aromatic heterocycles. The van der Waals surface area contributed by atoms with E-state index in [2.05, 4.69) is 5.32 Å². The van der Waals surface area contributed by atoms with Crippen LogP contribution in [-0.2, 0) is 4.57 Å². The van der Waals surface area contributed by atoms with Gasteiger partial charge in [0.25, 0.3) is 6.49 Å². The van der Waals surface area contributed by atoms with E-state index in [-0.39, 0.29) is 0 Å². The first kappa shape index (κ1) is 15.3. The second-order valence-corrected chi connectivity index (χ2v) is 9.68. The lowest BCUT2D eigenvalue weighted by Crippen LogP contribution is -2.35. The molecule has 0 fully saturated rings. The van der Waals surface area contributed by atoms with Gasteiger partial charge in [-0.15, -0.1) is 0 Å². The highest BCUT2D eigenvalue weighted by Gasteiger charge is 2.43. The van der Waals surface area contributed by atoms with Gasteiger partial charge >= 0.3 is 0 Å². The Morgan fingerprint density at radius 2 is 1.86 bits per heavy atom. The summed E-state index contributed by atoms with van der Waals surface area (Å²) in [5.74, 6) is 0. The molecule has 1 unspecified atom stereocenters. The maximum atomic E-state index is 13.7.